The molecule has 0 atom stereocenters. The molecule has 0 aromatic heterocycles. The van der Waals surface area contributed by atoms with Crippen molar-refractivity contribution >= 4 is 34.3 Å². The predicted octanol–water partition coefficient (Wildman–Crippen LogP) is 1.97. The first kappa shape index (κ1) is 10.7. The molecular formula is C7H7ClO3S2. The monoisotopic (exact) mass is 238 g/mol. The topological polar surface area (TPSA) is 43.4 Å². The molecule has 0 aliphatic carbocycles. The summed E-state index contributed by atoms with van der Waals surface area (Å²) < 4.78 is 26.1. The van der Waals surface area contributed by atoms with Crippen molar-refractivity contribution in [3.05, 3.63) is 23.2 Å². The van der Waals surface area contributed by atoms with Crippen LogP contribution < -0.4 is 4.18 Å². The highest BCUT2D eigenvalue weighted by Gasteiger charge is 2.08. The van der Waals surface area contributed by atoms with Crippen LogP contribution >= 0.6 is 24.2 Å². The Hall–Kier alpha value is -0.390. The van der Waals surface area contributed by atoms with E-state index in [9.17, 15) is 8.42 Å². The van der Waals surface area contributed by atoms with Gasteiger partial charge in [-0.05, 0) is 18.2 Å². The van der Waals surface area contributed by atoms with E-state index in [0.717, 1.165) is 6.26 Å². The summed E-state index contributed by atoms with van der Waals surface area (Å²) in [6.07, 6.45) is 0.956. The molecule has 3 nitrogen and oxygen atoms in total. The van der Waals surface area contributed by atoms with E-state index >= 15 is 0 Å². The molecule has 1 aromatic carbocycles. The van der Waals surface area contributed by atoms with Crippen molar-refractivity contribution in [2.24, 2.45) is 0 Å². The van der Waals surface area contributed by atoms with E-state index < -0.39 is 10.1 Å². The molecule has 0 aliphatic rings. The fraction of sp³-hybridized carbons (Fsp3) is 0.143. The van der Waals surface area contributed by atoms with Gasteiger partial charge < -0.3 is 4.18 Å². The van der Waals surface area contributed by atoms with Gasteiger partial charge in [0.05, 0.1) is 11.3 Å². The molecule has 0 spiro atoms. The second-order valence-corrected chi connectivity index (χ2v) is 4.90. The largest absolute Gasteiger partial charge is 0.381 e. The first-order valence-electron chi connectivity index (χ1n) is 3.26. The van der Waals surface area contributed by atoms with Gasteiger partial charge in [0, 0.05) is 4.90 Å². The zero-order valence-corrected chi connectivity index (χ0v) is 9.16. The van der Waals surface area contributed by atoms with Crippen molar-refractivity contribution in [2.45, 2.75) is 4.90 Å². The van der Waals surface area contributed by atoms with Crippen LogP contribution in [0.3, 0.4) is 0 Å². The molecule has 0 saturated carbocycles. The van der Waals surface area contributed by atoms with Gasteiger partial charge in [-0.1, -0.05) is 11.6 Å². The lowest BCUT2D eigenvalue weighted by Crippen LogP contribution is -2.05. The highest BCUT2D eigenvalue weighted by Crippen LogP contribution is 2.27. The SMILES string of the molecule is CS(=O)(=O)Oc1ccc(S)cc1Cl. The number of halogens is 1. The molecule has 1 aromatic rings. The first-order chi connectivity index (χ1) is 5.88. The third kappa shape index (κ3) is 3.46. The molecule has 0 aliphatic heterocycles. The second kappa shape index (κ2) is 3.77. The maximum atomic E-state index is 10.7. The highest BCUT2D eigenvalue weighted by molar-refractivity contribution is 7.86. The van der Waals surface area contributed by atoms with Crippen molar-refractivity contribution in [3.63, 3.8) is 0 Å². The smallest absolute Gasteiger partial charge is 0.306 e. The standard InChI is InChI=1S/C7H7ClO3S2/c1-13(9,10)11-7-3-2-5(12)4-6(7)8/h2-4,12H,1H3. The van der Waals surface area contributed by atoms with Gasteiger partial charge in [-0.25, -0.2) is 0 Å². The number of hydrogen-bond donors (Lipinski definition) is 1. The lowest BCUT2D eigenvalue weighted by atomic mass is 10.3. The van der Waals surface area contributed by atoms with Crippen molar-refractivity contribution in [1.82, 2.24) is 0 Å². The molecule has 0 N–H and O–H groups in total. The van der Waals surface area contributed by atoms with Gasteiger partial charge in [0.25, 0.3) is 0 Å². The molecule has 0 amide bonds. The number of rotatable bonds is 2. The Balaban J connectivity index is 3.04. The molecule has 1 rings (SSSR count). The Morgan fingerprint density at radius 3 is 2.54 bits per heavy atom. The van der Waals surface area contributed by atoms with Crippen molar-refractivity contribution < 1.29 is 12.6 Å². The minimum absolute atomic E-state index is 0.113. The average molecular weight is 239 g/mol. The van der Waals surface area contributed by atoms with Gasteiger partial charge in [0.1, 0.15) is 0 Å². The maximum Gasteiger partial charge on any atom is 0.306 e. The number of thiol groups is 1. The van der Waals surface area contributed by atoms with E-state index in [4.69, 9.17) is 11.6 Å². The lowest BCUT2D eigenvalue weighted by molar-refractivity contribution is 0.493. The van der Waals surface area contributed by atoms with Crippen LogP contribution in [0.15, 0.2) is 23.1 Å². The number of hydrogen-bond acceptors (Lipinski definition) is 4. The van der Waals surface area contributed by atoms with Gasteiger partial charge in [0.2, 0.25) is 0 Å². The summed E-state index contributed by atoms with van der Waals surface area (Å²) >= 11 is 9.72. The molecule has 72 valence electrons. The summed E-state index contributed by atoms with van der Waals surface area (Å²) in [5.74, 6) is 0.113. The first-order valence-corrected chi connectivity index (χ1v) is 5.90. The van der Waals surface area contributed by atoms with E-state index in [1.54, 1.807) is 6.07 Å². The number of benzene rings is 1. The van der Waals surface area contributed by atoms with Crippen LogP contribution in [0.5, 0.6) is 5.75 Å². The van der Waals surface area contributed by atoms with E-state index in [2.05, 4.69) is 16.8 Å². The van der Waals surface area contributed by atoms with Gasteiger partial charge in [-0.2, -0.15) is 8.42 Å². The van der Waals surface area contributed by atoms with Crippen molar-refractivity contribution in [3.8, 4) is 5.75 Å². The average Bonchev–Trinajstić information content (AvgIpc) is 1.93. The fourth-order valence-electron chi connectivity index (χ4n) is 0.720. The van der Waals surface area contributed by atoms with Crippen LogP contribution in [0.25, 0.3) is 0 Å². The molecule has 0 fully saturated rings. The maximum absolute atomic E-state index is 10.7. The zero-order valence-electron chi connectivity index (χ0n) is 6.69. The second-order valence-electron chi connectivity index (χ2n) is 2.40. The van der Waals surface area contributed by atoms with E-state index in [1.165, 1.54) is 12.1 Å². The van der Waals surface area contributed by atoms with Crippen LogP contribution in [0.1, 0.15) is 0 Å². The van der Waals surface area contributed by atoms with Crippen LogP contribution in [0, 0.1) is 0 Å². The predicted molar refractivity (Wildman–Crippen MR) is 54.2 cm³/mol. The molecule has 0 heterocycles. The Morgan fingerprint density at radius 1 is 1.46 bits per heavy atom. The Morgan fingerprint density at radius 2 is 2.08 bits per heavy atom. The zero-order chi connectivity index (χ0) is 10.1. The third-order valence-corrected chi connectivity index (χ3v) is 2.21. The molecule has 6 heteroatoms. The van der Waals surface area contributed by atoms with Gasteiger partial charge in [0.15, 0.2) is 5.75 Å². The van der Waals surface area contributed by atoms with Crippen LogP contribution in [-0.2, 0) is 10.1 Å². The molecule has 0 bridgehead atoms. The minimum Gasteiger partial charge on any atom is -0.381 e. The lowest BCUT2D eigenvalue weighted by Gasteiger charge is -2.04. The molecular weight excluding hydrogens is 232 g/mol. The highest BCUT2D eigenvalue weighted by atomic mass is 35.5. The molecule has 13 heavy (non-hydrogen) atoms. The van der Waals surface area contributed by atoms with Gasteiger partial charge >= 0.3 is 10.1 Å². The summed E-state index contributed by atoms with van der Waals surface area (Å²) in [5, 5.41) is 0.220. The molecule has 0 saturated heterocycles. The summed E-state index contributed by atoms with van der Waals surface area (Å²) in [7, 11) is -3.52. The van der Waals surface area contributed by atoms with Gasteiger partial charge in [-0.15, -0.1) is 12.6 Å². The van der Waals surface area contributed by atoms with E-state index in [1.807, 2.05) is 0 Å². The van der Waals surface area contributed by atoms with Crippen molar-refractivity contribution in [2.75, 3.05) is 6.26 Å². The quantitative estimate of drug-likeness (QED) is 0.633. The van der Waals surface area contributed by atoms with Crippen molar-refractivity contribution in [1.29, 1.82) is 0 Å². The van der Waals surface area contributed by atoms with Crippen LogP contribution in [0.2, 0.25) is 5.02 Å². The Labute approximate surface area is 87.2 Å². The molecule has 0 unspecified atom stereocenters. The fourth-order valence-corrected chi connectivity index (χ4v) is 1.74. The van der Waals surface area contributed by atoms with Crippen LogP contribution in [0.4, 0.5) is 0 Å². The normalized spacial score (nSPS) is 11.3. The summed E-state index contributed by atoms with van der Waals surface area (Å²) in [6.45, 7) is 0. The van der Waals surface area contributed by atoms with E-state index in [-0.39, 0.29) is 10.8 Å². The Kier molecular flexibility index (Phi) is 3.10. The molecule has 0 radical (unpaired) electrons. The third-order valence-electron chi connectivity index (χ3n) is 1.16. The van der Waals surface area contributed by atoms with E-state index in [0.29, 0.717) is 4.90 Å². The summed E-state index contributed by atoms with van der Waals surface area (Å²) in [4.78, 5) is 0.644. The Bertz CT molecular complexity index is 414. The minimum atomic E-state index is -3.52. The van der Waals surface area contributed by atoms with Gasteiger partial charge in [-0.3, -0.25) is 0 Å². The summed E-state index contributed by atoms with van der Waals surface area (Å²) in [5.41, 5.74) is 0. The summed E-state index contributed by atoms with van der Waals surface area (Å²) in [6, 6.07) is 4.55. The van der Waals surface area contributed by atoms with Crippen LogP contribution in [-0.4, -0.2) is 14.7 Å².